The van der Waals surface area contributed by atoms with Gasteiger partial charge in [0.1, 0.15) is 12.9 Å². The Balaban J connectivity index is 1.99. The van der Waals surface area contributed by atoms with Crippen molar-refractivity contribution in [2.24, 2.45) is 0 Å². The summed E-state index contributed by atoms with van der Waals surface area (Å²) in [4.78, 5) is 7.56. The molecule has 0 atom stereocenters. The summed E-state index contributed by atoms with van der Waals surface area (Å²) < 4.78 is 42.3. The molecule has 1 aromatic carbocycles. The van der Waals surface area contributed by atoms with Crippen LogP contribution in [-0.2, 0) is 12.8 Å². The molecular formula is C12H9F3N2O. The van der Waals surface area contributed by atoms with Crippen LogP contribution < -0.4 is 4.74 Å². The number of nitrogens with zero attached hydrogens (tertiary/aromatic N) is 2. The molecule has 6 heteroatoms. The summed E-state index contributed by atoms with van der Waals surface area (Å²) >= 11 is 0. The summed E-state index contributed by atoms with van der Waals surface area (Å²) in [6.45, 7) is 0.162. The largest absolute Gasteiger partial charge is 0.473 e. The van der Waals surface area contributed by atoms with Crippen LogP contribution in [0.25, 0.3) is 0 Å². The molecule has 0 N–H and O–H groups in total. The Morgan fingerprint density at radius 2 is 1.78 bits per heavy atom. The molecule has 0 spiro atoms. The van der Waals surface area contributed by atoms with E-state index in [0.717, 1.165) is 12.1 Å². The van der Waals surface area contributed by atoms with E-state index in [1.54, 1.807) is 6.07 Å². The zero-order valence-electron chi connectivity index (χ0n) is 9.19. The summed E-state index contributed by atoms with van der Waals surface area (Å²) in [5.41, 5.74) is -0.0325. The van der Waals surface area contributed by atoms with Gasteiger partial charge in [0.25, 0.3) is 0 Å². The van der Waals surface area contributed by atoms with Crippen LogP contribution in [0, 0.1) is 0 Å². The minimum absolute atomic E-state index is 0.162. The molecule has 1 aromatic heterocycles. The number of rotatable bonds is 3. The van der Waals surface area contributed by atoms with Crippen molar-refractivity contribution in [1.82, 2.24) is 9.97 Å². The second-order valence-corrected chi connectivity index (χ2v) is 3.53. The lowest BCUT2D eigenvalue weighted by molar-refractivity contribution is -0.137. The van der Waals surface area contributed by atoms with Crippen LogP contribution in [0.15, 0.2) is 42.9 Å². The maximum absolute atomic E-state index is 12.3. The third-order valence-corrected chi connectivity index (χ3v) is 2.22. The van der Waals surface area contributed by atoms with Crippen LogP contribution in [0.1, 0.15) is 11.1 Å². The Morgan fingerprint density at radius 1 is 1.06 bits per heavy atom. The zero-order valence-corrected chi connectivity index (χ0v) is 9.19. The lowest BCUT2D eigenvalue weighted by Crippen LogP contribution is -2.05. The molecule has 94 valence electrons. The molecule has 2 rings (SSSR count). The van der Waals surface area contributed by atoms with E-state index >= 15 is 0 Å². The van der Waals surface area contributed by atoms with Gasteiger partial charge in [-0.3, -0.25) is 0 Å². The van der Waals surface area contributed by atoms with Gasteiger partial charge in [0.05, 0.1) is 5.56 Å². The minimum atomic E-state index is -4.31. The second kappa shape index (κ2) is 5.03. The van der Waals surface area contributed by atoms with E-state index in [1.807, 2.05) is 0 Å². The number of benzene rings is 1. The summed E-state index contributed by atoms with van der Waals surface area (Å²) in [5, 5.41) is 0. The van der Waals surface area contributed by atoms with Crippen molar-refractivity contribution >= 4 is 0 Å². The monoisotopic (exact) mass is 254 g/mol. The minimum Gasteiger partial charge on any atom is -0.473 e. The highest BCUT2D eigenvalue weighted by Gasteiger charge is 2.29. The van der Waals surface area contributed by atoms with Crippen LogP contribution in [0.3, 0.4) is 0 Å². The average molecular weight is 254 g/mol. The van der Waals surface area contributed by atoms with Crippen LogP contribution in [0.4, 0.5) is 13.2 Å². The Morgan fingerprint density at radius 3 is 2.33 bits per heavy atom. The molecule has 0 saturated carbocycles. The van der Waals surface area contributed by atoms with Gasteiger partial charge in [-0.2, -0.15) is 13.2 Å². The highest BCUT2D eigenvalue weighted by atomic mass is 19.4. The normalized spacial score (nSPS) is 11.3. The van der Waals surface area contributed by atoms with Gasteiger partial charge in [-0.05, 0) is 17.7 Å². The molecule has 18 heavy (non-hydrogen) atoms. The van der Waals surface area contributed by atoms with Crippen molar-refractivity contribution in [3.05, 3.63) is 54.0 Å². The summed E-state index contributed by atoms with van der Waals surface area (Å²) in [5.74, 6) is 0.380. The Hall–Kier alpha value is -2.11. The van der Waals surface area contributed by atoms with E-state index in [-0.39, 0.29) is 6.61 Å². The zero-order chi connectivity index (χ0) is 13.0. The Bertz CT molecular complexity index is 497. The van der Waals surface area contributed by atoms with Crippen molar-refractivity contribution < 1.29 is 17.9 Å². The molecule has 3 nitrogen and oxygen atoms in total. The predicted octanol–water partition coefficient (Wildman–Crippen LogP) is 3.07. The number of hydrogen-bond acceptors (Lipinski definition) is 3. The lowest BCUT2D eigenvalue weighted by Gasteiger charge is -2.08. The van der Waals surface area contributed by atoms with E-state index in [1.165, 1.54) is 24.7 Å². The maximum atomic E-state index is 12.3. The predicted molar refractivity (Wildman–Crippen MR) is 57.8 cm³/mol. The molecule has 0 fully saturated rings. The standard InChI is InChI=1S/C12H9F3N2O/c13-12(14,15)10-3-1-9(2-4-10)7-18-11-5-6-16-8-17-11/h1-6,8H,7H2. The summed E-state index contributed by atoms with van der Waals surface area (Å²) in [7, 11) is 0. The SMILES string of the molecule is FC(F)(F)c1ccc(COc2ccncn2)cc1. The van der Waals surface area contributed by atoms with Crippen LogP contribution in [0.2, 0.25) is 0 Å². The van der Waals surface area contributed by atoms with Gasteiger partial charge in [-0.15, -0.1) is 0 Å². The number of halogens is 3. The molecule has 0 amide bonds. The fourth-order valence-corrected chi connectivity index (χ4v) is 1.31. The van der Waals surface area contributed by atoms with E-state index in [9.17, 15) is 13.2 Å². The summed E-state index contributed by atoms with van der Waals surface area (Å²) in [6.07, 6.45) is -1.46. The van der Waals surface area contributed by atoms with E-state index < -0.39 is 11.7 Å². The molecule has 0 radical (unpaired) electrons. The lowest BCUT2D eigenvalue weighted by atomic mass is 10.1. The van der Waals surface area contributed by atoms with Gasteiger partial charge in [-0.25, -0.2) is 9.97 Å². The maximum Gasteiger partial charge on any atom is 0.416 e. The first-order chi connectivity index (χ1) is 8.55. The van der Waals surface area contributed by atoms with Crippen LogP contribution in [0.5, 0.6) is 5.88 Å². The average Bonchev–Trinajstić information content (AvgIpc) is 2.37. The number of ether oxygens (including phenoxy) is 1. The molecule has 0 aliphatic carbocycles. The first kappa shape index (κ1) is 12.3. The third kappa shape index (κ3) is 3.19. The molecule has 0 unspecified atom stereocenters. The first-order valence-electron chi connectivity index (χ1n) is 5.10. The fraction of sp³-hybridized carbons (Fsp3) is 0.167. The highest BCUT2D eigenvalue weighted by molar-refractivity contribution is 5.24. The van der Waals surface area contributed by atoms with Gasteiger partial charge in [0.15, 0.2) is 0 Å². The Labute approximate surface area is 101 Å². The molecule has 0 saturated heterocycles. The quantitative estimate of drug-likeness (QED) is 0.844. The van der Waals surface area contributed by atoms with Crippen molar-refractivity contribution in [2.75, 3.05) is 0 Å². The van der Waals surface area contributed by atoms with Crippen molar-refractivity contribution in [3.63, 3.8) is 0 Å². The molecule has 0 aliphatic rings. The van der Waals surface area contributed by atoms with Gasteiger partial charge in [0.2, 0.25) is 5.88 Å². The molecule has 2 aromatic rings. The number of hydrogen-bond donors (Lipinski definition) is 0. The number of alkyl halides is 3. The second-order valence-electron chi connectivity index (χ2n) is 3.53. The van der Waals surface area contributed by atoms with Gasteiger partial charge in [-0.1, -0.05) is 12.1 Å². The first-order valence-corrected chi connectivity index (χ1v) is 5.10. The van der Waals surface area contributed by atoms with Crippen molar-refractivity contribution in [1.29, 1.82) is 0 Å². The van der Waals surface area contributed by atoms with E-state index in [4.69, 9.17) is 4.74 Å². The number of aromatic nitrogens is 2. The smallest absolute Gasteiger partial charge is 0.416 e. The van der Waals surface area contributed by atoms with Crippen LogP contribution >= 0.6 is 0 Å². The van der Waals surface area contributed by atoms with Gasteiger partial charge in [0, 0.05) is 12.3 Å². The molecule has 0 aliphatic heterocycles. The van der Waals surface area contributed by atoms with Crippen LogP contribution in [-0.4, -0.2) is 9.97 Å². The van der Waals surface area contributed by atoms with E-state index in [0.29, 0.717) is 11.4 Å². The van der Waals surface area contributed by atoms with Crippen molar-refractivity contribution in [2.45, 2.75) is 12.8 Å². The third-order valence-electron chi connectivity index (χ3n) is 2.22. The summed E-state index contributed by atoms with van der Waals surface area (Å²) in [6, 6.07) is 6.38. The molecule has 0 bridgehead atoms. The fourth-order valence-electron chi connectivity index (χ4n) is 1.31. The molecular weight excluding hydrogens is 245 g/mol. The van der Waals surface area contributed by atoms with Crippen molar-refractivity contribution in [3.8, 4) is 5.88 Å². The topological polar surface area (TPSA) is 35.0 Å². The van der Waals surface area contributed by atoms with E-state index in [2.05, 4.69) is 9.97 Å². The van der Waals surface area contributed by atoms with Gasteiger partial charge >= 0.3 is 6.18 Å². The Kier molecular flexibility index (Phi) is 3.45. The highest BCUT2D eigenvalue weighted by Crippen LogP contribution is 2.29. The van der Waals surface area contributed by atoms with Gasteiger partial charge < -0.3 is 4.74 Å². The molecule has 1 heterocycles.